The summed E-state index contributed by atoms with van der Waals surface area (Å²) in [6, 6.07) is 1.02. The molecule has 0 amide bonds. The van der Waals surface area contributed by atoms with Gasteiger partial charge in [-0.05, 0) is 45.1 Å². The second kappa shape index (κ2) is 5.99. The lowest BCUT2D eigenvalue weighted by Gasteiger charge is -2.38. The smallest absolute Gasteiger partial charge is 0.0695 e. The molecule has 1 heterocycles. The van der Waals surface area contributed by atoms with Crippen LogP contribution in [0.25, 0.3) is 0 Å². The molecule has 0 spiro atoms. The second-order valence-corrected chi connectivity index (χ2v) is 5.32. The Kier molecular flexibility index (Phi) is 4.62. The lowest BCUT2D eigenvalue weighted by atomic mass is 9.90. The Morgan fingerprint density at radius 3 is 2.62 bits per heavy atom. The lowest BCUT2D eigenvalue weighted by Crippen LogP contribution is -2.47. The van der Waals surface area contributed by atoms with Crippen molar-refractivity contribution >= 4 is 0 Å². The number of aliphatic hydroxyl groups excluding tert-OH is 2. The molecule has 0 bridgehead atoms. The molecule has 1 saturated heterocycles. The van der Waals surface area contributed by atoms with E-state index in [2.05, 4.69) is 4.90 Å². The van der Waals surface area contributed by atoms with Crippen LogP contribution in [0, 0.1) is 0 Å². The van der Waals surface area contributed by atoms with Crippen LogP contribution in [0.2, 0.25) is 0 Å². The van der Waals surface area contributed by atoms with Crippen molar-refractivity contribution in [1.82, 2.24) is 4.90 Å². The van der Waals surface area contributed by atoms with E-state index < -0.39 is 0 Å². The zero-order valence-electron chi connectivity index (χ0n) is 10.1. The van der Waals surface area contributed by atoms with Gasteiger partial charge in [-0.3, -0.25) is 4.90 Å². The molecule has 1 aliphatic heterocycles. The van der Waals surface area contributed by atoms with E-state index in [1.54, 1.807) is 0 Å². The molecule has 0 radical (unpaired) electrons. The molecule has 94 valence electrons. The lowest BCUT2D eigenvalue weighted by molar-refractivity contribution is 0.0111. The highest BCUT2D eigenvalue weighted by Gasteiger charge is 2.35. The summed E-state index contributed by atoms with van der Waals surface area (Å²) in [6.45, 7) is 1.45. The maximum Gasteiger partial charge on any atom is 0.0695 e. The van der Waals surface area contributed by atoms with Gasteiger partial charge in [0.2, 0.25) is 0 Å². The first-order valence-corrected chi connectivity index (χ1v) is 6.87. The SMILES string of the molecule is OCCCC1CCCN1[C@@H]1CCCC[C@H]1O. The fourth-order valence-corrected chi connectivity index (χ4v) is 3.41. The van der Waals surface area contributed by atoms with Gasteiger partial charge in [-0.15, -0.1) is 0 Å². The highest BCUT2D eigenvalue weighted by atomic mass is 16.3. The minimum absolute atomic E-state index is 0.108. The summed E-state index contributed by atoms with van der Waals surface area (Å²) in [5.74, 6) is 0. The molecule has 3 nitrogen and oxygen atoms in total. The molecule has 3 atom stereocenters. The van der Waals surface area contributed by atoms with Gasteiger partial charge in [0.1, 0.15) is 0 Å². The van der Waals surface area contributed by atoms with Crippen molar-refractivity contribution in [2.75, 3.05) is 13.2 Å². The van der Waals surface area contributed by atoms with E-state index in [1.807, 2.05) is 0 Å². The molecule has 16 heavy (non-hydrogen) atoms. The van der Waals surface area contributed by atoms with Gasteiger partial charge in [0.15, 0.2) is 0 Å². The minimum atomic E-state index is -0.108. The Labute approximate surface area is 98.5 Å². The van der Waals surface area contributed by atoms with E-state index in [0.29, 0.717) is 18.7 Å². The largest absolute Gasteiger partial charge is 0.396 e. The first kappa shape index (κ1) is 12.3. The predicted molar refractivity (Wildman–Crippen MR) is 64.3 cm³/mol. The van der Waals surface area contributed by atoms with Crippen molar-refractivity contribution < 1.29 is 10.2 Å². The zero-order chi connectivity index (χ0) is 11.4. The van der Waals surface area contributed by atoms with Gasteiger partial charge in [-0.25, -0.2) is 0 Å². The molecule has 0 aromatic heterocycles. The Morgan fingerprint density at radius 2 is 1.88 bits per heavy atom. The van der Waals surface area contributed by atoms with E-state index >= 15 is 0 Å². The highest BCUT2D eigenvalue weighted by Crippen LogP contribution is 2.31. The maximum atomic E-state index is 10.1. The molecule has 1 aliphatic carbocycles. The van der Waals surface area contributed by atoms with Crippen LogP contribution in [0.15, 0.2) is 0 Å². The zero-order valence-corrected chi connectivity index (χ0v) is 10.1. The summed E-state index contributed by atoms with van der Waals surface area (Å²) >= 11 is 0. The third-order valence-electron chi connectivity index (χ3n) is 4.24. The van der Waals surface area contributed by atoms with Crippen molar-refractivity contribution in [2.45, 2.75) is 69.6 Å². The van der Waals surface area contributed by atoms with Crippen LogP contribution in [0.4, 0.5) is 0 Å². The van der Waals surface area contributed by atoms with E-state index in [0.717, 1.165) is 32.2 Å². The quantitative estimate of drug-likeness (QED) is 0.765. The van der Waals surface area contributed by atoms with E-state index in [9.17, 15) is 5.11 Å². The molecular formula is C13H25NO2. The van der Waals surface area contributed by atoms with Gasteiger partial charge in [0, 0.05) is 18.7 Å². The molecule has 2 rings (SSSR count). The number of hydrogen-bond donors (Lipinski definition) is 2. The van der Waals surface area contributed by atoms with Crippen molar-refractivity contribution in [1.29, 1.82) is 0 Å². The molecular weight excluding hydrogens is 202 g/mol. The number of likely N-dealkylation sites (tertiary alicyclic amines) is 1. The molecule has 2 aliphatic rings. The van der Waals surface area contributed by atoms with Crippen molar-refractivity contribution in [2.24, 2.45) is 0 Å². The van der Waals surface area contributed by atoms with Gasteiger partial charge in [-0.1, -0.05) is 12.8 Å². The van der Waals surface area contributed by atoms with Crippen LogP contribution in [-0.2, 0) is 0 Å². The van der Waals surface area contributed by atoms with Gasteiger partial charge in [-0.2, -0.15) is 0 Å². The van der Waals surface area contributed by atoms with Crippen molar-refractivity contribution in [3.05, 3.63) is 0 Å². The third-order valence-corrected chi connectivity index (χ3v) is 4.24. The highest BCUT2D eigenvalue weighted by molar-refractivity contribution is 4.90. The molecule has 1 saturated carbocycles. The molecule has 0 aromatic rings. The first-order chi connectivity index (χ1) is 7.83. The first-order valence-electron chi connectivity index (χ1n) is 6.87. The van der Waals surface area contributed by atoms with E-state index in [-0.39, 0.29) is 6.10 Å². The summed E-state index contributed by atoms with van der Waals surface area (Å²) in [7, 11) is 0. The molecule has 2 N–H and O–H groups in total. The van der Waals surface area contributed by atoms with Crippen molar-refractivity contribution in [3.8, 4) is 0 Å². The summed E-state index contributed by atoms with van der Waals surface area (Å²) in [6.07, 6.45) is 9.01. The maximum absolute atomic E-state index is 10.1. The number of aliphatic hydroxyl groups is 2. The Hall–Kier alpha value is -0.120. The Morgan fingerprint density at radius 1 is 1.06 bits per heavy atom. The van der Waals surface area contributed by atoms with E-state index in [1.165, 1.54) is 25.7 Å². The average Bonchev–Trinajstić information content (AvgIpc) is 2.75. The molecule has 2 fully saturated rings. The predicted octanol–water partition coefficient (Wildman–Crippen LogP) is 1.53. The molecule has 3 heteroatoms. The monoisotopic (exact) mass is 227 g/mol. The number of hydrogen-bond acceptors (Lipinski definition) is 3. The normalized spacial score (nSPS) is 36.8. The summed E-state index contributed by atoms with van der Waals surface area (Å²) < 4.78 is 0. The summed E-state index contributed by atoms with van der Waals surface area (Å²) in [5.41, 5.74) is 0. The Balaban J connectivity index is 1.90. The Bertz CT molecular complexity index is 210. The van der Waals surface area contributed by atoms with Crippen LogP contribution in [-0.4, -0.2) is 46.5 Å². The second-order valence-electron chi connectivity index (χ2n) is 5.32. The van der Waals surface area contributed by atoms with Gasteiger partial charge < -0.3 is 10.2 Å². The topological polar surface area (TPSA) is 43.7 Å². The number of rotatable bonds is 4. The average molecular weight is 227 g/mol. The van der Waals surface area contributed by atoms with Gasteiger partial charge in [0.05, 0.1) is 6.10 Å². The van der Waals surface area contributed by atoms with E-state index in [4.69, 9.17) is 5.11 Å². The van der Waals surface area contributed by atoms with Crippen LogP contribution >= 0.6 is 0 Å². The van der Waals surface area contributed by atoms with Crippen LogP contribution in [0.5, 0.6) is 0 Å². The fraction of sp³-hybridized carbons (Fsp3) is 1.00. The third kappa shape index (κ3) is 2.76. The molecule has 1 unspecified atom stereocenters. The van der Waals surface area contributed by atoms with Crippen LogP contribution in [0.1, 0.15) is 51.4 Å². The minimum Gasteiger partial charge on any atom is -0.396 e. The van der Waals surface area contributed by atoms with Crippen LogP contribution < -0.4 is 0 Å². The summed E-state index contributed by atoms with van der Waals surface area (Å²) in [4.78, 5) is 2.53. The van der Waals surface area contributed by atoms with Crippen LogP contribution in [0.3, 0.4) is 0 Å². The summed E-state index contributed by atoms with van der Waals surface area (Å²) in [5, 5.41) is 19.0. The van der Waals surface area contributed by atoms with Crippen molar-refractivity contribution in [3.63, 3.8) is 0 Å². The standard InChI is InChI=1S/C13H25NO2/c15-10-4-6-11-5-3-9-14(11)12-7-1-2-8-13(12)16/h11-13,15-16H,1-10H2/t11?,12-,13-/m1/s1. The number of nitrogens with zero attached hydrogens (tertiary/aromatic N) is 1. The van der Waals surface area contributed by atoms with Gasteiger partial charge in [0.25, 0.3) is 0 Å². The molecule has 0 aromatic carbocycles. The fourth-order valence-electron chi connectivity index (χ4n) is 3.41. The van der Waals surface area contributed by atoms with Gasteiger partial charge >= 0.3 is 0 Å².